The monoisotopic (exact) mass is 318 g/mol. The van der Waals surface area contributed by atoms with E-state index in [9.17, 15) is 0 Å². The molecule has 0 amide bonds. The van der Waals surface area contributed by atoms with E-state index < -0.39 is 0 Å². The van der Waals surface area contributed by atoms with Crippen molar-refractivity contribution in [1.29, 1.82) is 0 Å². The molecule has 0 N–H and O–H groups in total. The molecule has 1 aromatic carbocycles. The highest BCUT2D eigenvalue weighted by atomic mass is 79.9. The van der Waals surface area contributed by atoms with Crippen molar-refractivity contribution in [3.63, 3.8) is 0 Å². The van der Waals surface area contributed by atoms with Crippen LogP contribution in [-0.4, -0.2) is 9.97 Å². The van der Waals surface area contributed by atoms with Crippen LogP contribution in [0, 0.1) is 0 Å². The first-order valence-corrected chi connectivity index (χ1v) is 7.44. The van der Waals surface area contributed by atoms with Crippen molar-refractivity contribution < 1.29 is 0 Å². The highest BCUT2D eigenvalue weighted by molar-refractivity contribution is 9.09. The Balaban J connectivity index is 1.84. The lowest BCUT2D eigenvalue weighted by Crippen LogP contribution is -1.94. The van der Waals surface area contributed by atoms with Gasteiger partial charge >= 0.3 is 0 Å². The number of thiazole rings is 1. The lowest BCUT2D eigenvalue weighted by atomic mass is 10.1. The lowest BCUT2D eigenvalue weighted by molar-refractivity contribution is 0.934. The van der Waals surface area contributed by atoms with Gasteiger partial charge in [0, 0.05) is 23.6 Å². The molecular formula is C14H11BrN2S. The summed E-state index contributed by atoms with van der Waals surface area (Å²) in [5, 5.41) is 1.16. The molecule has 3 aromatic rings. The second kappa shape index (κ2) is 5.16. The minimum atomic E-state index is 0.293. The maximum absolute atomic E-state index is 4.65. The van der Waals surface area contributed by atoms with Crippen LogP contribution >= 0.6 is 27.3 Å². The number of aromatic nitrogens is 2. The minimum absolute atomic E-state index is 0.293. The average molecular weight is 319 g/mol. The molecule has 0 aliphatic heterocycles. The van der Waals surface area contributed by atoms with Gasteiger partial charge in [0.05, 0.1) is 15.2 Å². The van der Waals surface area contributed by atoms with Gasteiger partial charge in [0.15, 0.2) is 0 Å². The summed E-state index contributed by atoms with van der Waals surface area (Å²) in [4.78, 5) is 8.98. The van der Waals surface area contributed by atoms with E-state index in [0.29, 0.717) is 4.83 Å². The maximum Gasteiger partial charge on any atom is 0.0953 e. The van der Waals surface area contributed by atoms with Gasteiger partial charge in [-0.3, -0.25) is 4.98 Å². The molecule has 4 heteroatoms. The molecule has 0 saturated heterocycles. The third kappa shape index (κ3) is 2.44. The van der Waals surface area contributed by atoms with E-state index in [4.69, 9.17) is 0 Å². The first kappa shape index (κ1) is 11.8. The number of hydrogen-bond acceptors (Lipinski definition) is 3. The van der Waals surface area contributed by atoms with Crippen LogP contribution in [0.5, 0.6) is 0 Å². The van der Waals surface area contributed by atoms with E-state index in [-0.39, 0.29) is 0 Å². The van der Waals surface area contributed by atoms with Crippen molar-refractivity contribution in [2.45, 2.75) is 11.2 Å². The molecule has 0 fully saturated rings. The molecule has 0 radical (unpaired) electrons. The van der Waals surface area contributed by atoms with Gasteiger partial charge in [-0.1, -0.05) is 28.1 Å². The predicted molar refractivity (Wildman–Crippen MR) is 79.2 cm³/mol. The summed E-state index contributed by atoms with van der Waals surface area (Å²) in [6.07, 6.45) is 4.55. The van der Waals surface area contributed by atoms with Crippen LogP contribution in [-0.2, 0) is 6.42 Å². The molecule has 3 rings (SSSR count). The molecule has 0 aliphatic carbocycles. The zero-order valence-corrected chi connectivity index (χ0v) is 12.0. The molecule has 1 atom stereocenters. The first-order chi connectivity index (χ1) is 8.83. The van der Waals surface area contributed by atoms with Gasteiger partial charge in [-0.05, 0) is 29.8 Å². The van der Waals surface area contributed by atoms with Crippen molar-refractivity contribution in [3.05, 3.63) is 59.4 Å². The second-order valence-corrected chi connectivity index (χ2v) is 6.25. The lowest BCUT2D eigenvalue weighted by Gasteiger charge is -2.06. The second-order valence-electron chi connectivity index (χ2n) is 4.03. The molecule has 0 saturated carbocycles. The predicted octanol–water partition coefficient (Wildman–Crippen LogP) is 4.37. The maximum atomic E-state index is 4.65. The number of alkyl halides is 1. The molecule has 0 aliphatic rings. The summed E-state index contributed by atoms with van der Waals surface area (Å²) in [6.45, 7) is 0. The molecule has 2 aromatic heterocycles. The molecule has 2 heterocycles. The first-order valence-electron chi connectivity index (χ1n) is 5.71. The number of fused-ring (bicyclic) bond motifs is 1. The zero-order valence-electron chi connectivity index (χ0n) is 9.58. The Morgan fingerprint density at radius 1 is 1.11 bits per heavy atom. The van der Waals surface area contributed by atoms with Crippen molar-refractivity contribution in [2.75, 3.05) is 0 Å². The highest BCUT2D eigenvalue weighted by Gasteiger charge is 2.11. The summed E-state index contributed by atoms with van der Waals surface area (Å²) >= 11 is 5.48. The van der Waals surface area contributed by atoms with Crippen molar-refractivity contribution in [1.82, 2.24) is 9.97 Å². The number of pyridine rings is 1. The Bertz CT molecular complexity index is 618. The third-order valence-electron chi connectivity index (χ3n) is 2.76. The summed E-state index contributed by atoms with van der Waals surface area (Å²) in [7, 11) is 0. The Hall–Kier alpha value is -1.26. The fraction of sp³-hybridized carbons (Fsp3) is 0.143. The average Bonchev–Trinajstić information content (AvgIpc) is 2.82. The largest absolute Gasteiger partial charge is 0.265 e. The number of rotatable bonds is 3. The summed E-state index contributed by atoms with van der Waals surface area (Å²) < 4.78 is 1.25. The number of halogens is 1. The van der Waals surface area contributed by atoms with Gasteiger partial charge in [-0.25, -0.2) is 4.98 Å². The SMILES string of the molecule is BrC(Cc1nc2ccccc2s1)c1ccncc1. The smallest absolute Gasteiger partial charge is 0.0953 e. The Labute approximate surface area is 118 Å². The van der Waals surface area contributed by atoms with Crippen LogP contribution in [0.4, 0.5) is 0 Å². The van der Waals surface area contributed by atoms with Crippen LogP contribution in [0.1, 0.15) is 15.4 Å². The summed E-state index contributed by atoms with van der Waals surface area (Å²) in [6, 6.07) is 12.3. The molecule has 0 spiro atoms. The van der Waals surface area contributed by atoms with E-state index in [0.717, 1.165) is 16.9 Å². The zero-order chi connectivity index (χ0) is 12.4. The van der Waals surface area contributed by atoms with Crippen LogP contribution < -0.4 is 0 Å². The molecule has 90 valence electrons. The molecule has 0 bridgehead atoms. The van der Waals surface area contributed by atoms with Gasteiger partial charge < -0.3 is 0 Å². The van der Waals surface area contributed by atoms with Gasteiger partial charge in [-0.15, -0.1) is 11.3 Å². The molecule has 18 heavy (non-hydrogen) atoms. The van der Waals surface area contributed by atoms with Gasteiger partial charge in [0.25, 0.3) is 0 Å². The summed E-state index contributed by atoms with van der Waals surface area (Å²) in [5.41, 5.74) is 2.33. The molecular weight excluding hydrogens is 308 g/mol. The van der Waals surface area contributed by atoms with E-state index in [1.807, 2.05) is 30.6 Å². The topological polar surface area (TPSA) is 25.8 Å². The summed E-state index contributed by atoms with van der Waals surface area (Å²) in [5.74, 6) is 0. The molecule has 2 nitrogen and oxygen atoms in total. The van der Waals surface area contributed by atoms with Crippen molar-refractivity contribution >= 4 is 37.5 Å². The minimum Gasteiger partial charge on any atom is -0.265 e. The van der Waals surface area contributed by atoms with Crippen LogP contribution in [0.25, 0.3) is 10.2 Å². The van der Waals surface area contributed by atoms with Crippen LogP contribution in [0.15, 0.2) is 48.8 Å². The fourth-order valence-electron chi connectivity index (χ4n) is 1.85. The van der Waals surface area contributed by atoms with Crippen molar-refractivity contribution in [3.8, 4) is 0 Å². The van der Waals surface area contributed by atoms with Crippen molar-refractivity contribution in [2.24, 2.45) is 0 Å². The van der Waals surface area contributed by atoms with Gasteiger partial charge in [-0.2, -0.15) is 0 Å². The highest BCUT2D eigenvalue weighted by Crippen LogP contribution is 2.30. The Morgan fingerprint density at radius 2 is 1.89 bits per heavy atom. The Morgan fingerprint density at radius 3 is 2.67 bits per heavy atom. The normalized spacial score (nSPS) is 12.7. The van der Waals surface area contributed by atoms with E-state index in [1.165, 1.54) is 10.3 Å². The van der Waals surface area contributed by atoms with Crippen LogP contribution in [0.3, 0.4) is 0 Å². The van der Waals surface area contributed by atoms with E-state index >= 15 is 0 Å². The fourth-order valence-corrected chi connectivity index (χ4v) is 3.69. The number of benzene rings is 1. The van der Waals surface area contributed by atoms with Gasteiger partial charge in [0.2, 0.25) is 0 Å². The Kier molecular flexibility index (Phi) is 3.39. The van der Waals surface area contributed by atoms with E-state index in [2.05, 4.69) is 44.1 Å². The standard InChI is InChI=1S/C14H11BrN2S/c15-11(10-5-7-16-8-6-10)9-14-17-12-3-1-2-4-13(12)18-14/h1-8,11H,9H2. The quantitative estimate of drug-likeness (QED) is 0.670. The number of nitrogens with zero attached hydrogens (tertiary/aromatic N) is 2. The van der Waals surface area contributed by atoms with Gasteiger partial charge in [0.1, 0.15) is 0 Å². The van der Waals surface area contributed by atoms with Crippen LogP contribution in [0.2, 0.25) is 0 Å². The number of para-hydroxylation sites is 1. The van der Waals surface area contributed by atoms with E-state index in [1.54, 1.807) is 11.3 Å². The number of hydrogen-bond donors (Lipinski definition) is 0. The third-order valence-corrected chi connectivity index (χ3v) is 4.67. The molecule has 1 unspecified atom stereocenters.